The number of allylic oxidation sites excluding steroid dienone is 9. The van der Waals surface area contributed by atoms with Gasteiger partial charge >= 0.3 is 5.97 Å². The molecule has 6 N–H and O–H groups in total. The predicted octanol–water partition coefficient (Wildman–Crippen LogP) is 12.3. The minimum atomic E-state index is -1.62. The van der Waals surface area contributed by atoms with Gasteiger partial charge in [-0.25, -0.2) is 0 Å². The highest BCUT2D eigenvalue weighted by Gasteiger charge is 2.47. The molecule has 8 atom stereocenters. The topological polar surface area (TPSA) is 175 Å². The number of nitrogens with one attached hydrogen (secondary N) is 1. The monoisotopic (exact) mass is 974 g/mol. The third-order valence-corrected chi connectivity index (χ3v) is 13.0. The smallest absolute Gasteiger partial charge is 0.306 e. The van der Waals surface area contributed by atoms with Crippen LogP contribution in [0, 0.1) is 0 Å². The standard InChI is InChI=1S/C58H103NO10/c1-4-7-10-13-16-19-22-25-26-28-31-34-37-40-43-46-53(63)69-56-55(65)54(64)52(47-60)68-58(56)67-48-49(50(61)44-41-38-35-32-30-27-23-20-17-14-11-8-5-2)59-57(66)51(62)45-42-39-36-33-29-24-21-18-15-12-9-6-3/h7,10,13,16,19,22,29,33,41,44,49-52,54-56,58,60-62,64-65H,4-6,8-9,11-12,14-15,17-18,20-21,23-28,30-32,34-40,42-43,45-48H2,1-3H3,(H,59,66)/b10-7+,16-13+,22-19+,33-29-,44-41+. The molecule has 69 heavy (non-hydrogen) atoms. The van der Waals surface area contributed by atoms with Gasteiger partial charge in [-0.15, -0.1) is 0 Å². The molecule has 1 aliphatic heterocycles. The molecule has 0 bridgehead atoms. The van der Waals surface area contributed by atoms with Crippen LogP contribution in [0.25, 0.3) is 0 Å². The Hall–Kier alpha value is -2.64. The normalized spacial score (nSPS) is 20.3. The van der Waals surface area contributed by atoms with Crippen LogP contribution in [0.3, 0.4) is 0 Å². The Morgan fingerprint density at radius 3 is 1.59 bits per heavy atom. The lowest BCUT2D eigenvalue weighted by Crippen LogP contribution is -2.61. The molecule has 0 aromatic heterocycles. The molecule has 400 valence electrons. The average molecular weight is 974 g/mol. The first-order chi connectivity index (χ1) is 33.7. The Morgan fingerprint density at radius 2 is 1.06 bits per heavy atom. The number of esters is 1. The molecule has 0 aromatic carbocycles. The molecule has 0 aromatic rings. The summed E-state index contributed by atoms with van der Waals surface area (Å²) in [6.45, 7) is 5.61. The number of aliphatic hydroxyl groups is 5. The maximum absolute atomic E-state index is 13.3. The molecule has 0 saturated carbocycles. The number of carbonyl (C=O) groups excluding carboxylic acids is 2. The highest BCUT2D eigenvalue weighted by molar-refractivity contribution is 5.80. The van der Waals surface area contributed by atoms with Gasteiger partial charge in [-0.05, 0) is 70.6 Å². The van der Waals surface area contributed by atoms with Crippen LogP contribution < -0.4 is 5.32 Å². The molecule has 0 aliphatic carbocycles. The van der Waals surface area contributed by atoms with Crippen molar-refractivity contribution in [2.45, 2.75) is 282 Å². The van der Waals surface area contributed by atoms with E-state index >= 15 is 0 Å². The summed E-state index contributed by atoms with van der Waals surface area (Å²) in [4.78, 5) is 26.4. The van der Waals surface area contributed by atoms with Gasteiger partial charge in [0.25, 0.3) is 0 Å². The second-order valence-corrected chi connectivity index (χ2v) is 19.3. The zero-order valence-corrected chi connectivity index (χ0v) is 43.9. The van der Waals surface area contributed by atoms with E-state index < -0.39 is 67.4 Å². The SMILES string of the molecule is CC/C=C/C=C/C=C/CCCCCCCCCC(=O)OC1C(OCC(NC(=O)C(O)CCCC/C=C\CCCCCCCC)C(O)/C=C/CCCCCCCCCCCCC)OC(CO)C(O)C1O. The van der Waals surface area contributed by atoms with E-state index in [1.54, 1.807) is 6.08 Å². The molecule has 11 heteroatoms. The quantitative estimate of drug-likeness (QED) is 0.0149. The van der Waals surface area contributed by atoms with Crippen LogP contribution in [0.1, 0.15) is 233 Å². The summed E-state index contributed by atoms with van der Waals surface area (Å²) >= 11 is 0. The second kappa shape index (κ2) is 46.4. The fraction of sp³-hybridized carbons (Fsp3) is 0.793. The van der Waals surface area contributed by atoms with Gasteiger partial charge in [0.1, 0.15) is 24.4 Å². The van der Waals surface area contributed by atoms with Crippen LogP contribution in [0.5, 0.6) is 0 Å². The van der Waals surface area contributed by atoms with Gasteiger partial charge in [-0.1, -0.05) is 216 Å². The first kappa shape index (κ1) is 64.4. The van der Waals surface area contributed by atoms with Crippen LogP contribution in [0.4, 0.5) is 0 Å². The van der Waals surface area contributed by atoms with E-state index in [9.17, 15) is 35.1 Å². The lowest BCUT2D eigenvalue weighted by atomic mass is 9.99. The molecule has 1 aliphatic rings. The summed E-state index contributed by atoms with van der Waals surface area (Å²) in [5, 5.41) is 56.7. The minimum absolute atomic E-state index is 0.107. The molecular weight excluding hydrogens is 871 g/mol. The molecule has 11 nitrogen and oxygen atoms in total. The van der Waals surface area contributed by atoms with E-state index in [4.69, 9.17) is 14.2 Å². The van der Waals surface area contributed by atoms with Crippen LogP contribution >= 0.6 is 0 Å². The Labute approximate surface area is 420 Å². The van der Waals surface area contributed by atoms with Crippen LogP contribution in [-0.2, 0) is 23.8 Å². The van der Waals surface area contributed by atoms with Crippen molar-refractivity contribution in [1.29, 1.82) is 0 Å². The highest BCUT2D eigenvalue weighted by atomic mass is 16.7. The van der Waals surface area contributed by atoms with Gasteiger partial charge in [0.15, 0.2) is 12.4 Å². The fourth-order valence-electron chi connectivity index (χ4n) is 8.47. The van der Waals surface area contributed by atoms with Crippen molar-refractivity contribution >= 4 is 11.9 Å². The number of aliphatic hydroxyl groups excluding tert-OH is 5. The van der Waals surface area contributed by atoms with E-state index in [-0.39, 0.29) is 19.4 Å². The summed E-state index contributed by atoms with van der Waals surface area (Å²) < 4.78 is 17.5. The van der Waals surface area contributed by atoms with Gasteiger partial charge < -0.3 is 45.1 Å². The Kier molecular flexibility index (Phi) is 43.3. The highest BCUT2D eigenvalue weighted by Crippen LogP contribution is 2.26. The zero-order chi connectivity index (χ0) is 50.4. The maximum Gasteiger partial charge on any atom is 0.306 e. The number of ether oxygens (including phenoxy) is 3. The molecule has 1 rings (SSSR count). The molecular formula is C58H103NO10. The van der Waals surface area contributed by atoms with Crippen LogP contribution in [-0.4, -0.2) is 99.6 Å². The largest absolute Gasteiger partial charge is 0.454 e. The van der Waals surface area contributed by atoms with Gasteiger partial charge in [0.2, 0.25) is 5.91 Å². The zero-order valence-electron chi connectivity index (χ0n) is 43.9. The molecule has 0 spiro atoms. The van der Waals surface area contributed by atoms with Crippen LogP contribution in [0.2, 0.25) is 0 Å². The first-order valence-corrected chi connectivity index (χ1v) is 28.1. The Balaban J connectivity index is 2.77. The number of unbranched alkanes of at least 4 members (excludes halogenated alkanes) is 26. The average Bonchev–Trinajstić information content (AvgIpc) is 3.34. The van der Waals surface area contributed by atoms with Crippen molar-refractivity contribution in [2.75, 3.05) is 13.2 Å². The number of carbonyl (C=O) groups is 2. The molecule has 1 amide bonds. The summed E-state index contributed by atoms with van der Waals surface area (Å²) in [6, 6.07) is -1.03. The maximum atomic E-state index is 13.3. The predicted molar refractivity (Wildman–Crippen MR) is 283 cm³/mol. The number of amides is 1. The summed E-state index contributed by atoms with van der Waals surface area (Å²) in [5.74, 6) is -1.23. The molecule has 1 fully saturated rings. The summed E-state index contributed by atoms with van der Waals surface area (Å²) in [6.07, 6.45) is 45.5. The van der Waals surface area contributed by atoms with Crippen molar-refractivity contribution in [3.8, 4) is 0 Å². The molecule has 8 unspecified atom stereocenters. The van der Waals surface area contributed by atoms with E-state index in [1.165, 1.54) is 96.3 Å². The van der Waals surface area contributed by atoms with Gasteiger partial charge in [-0.3, -0.25) is 9.59 Å². The van der Waals surface area contributed by atoms with Crippen LogP contribution in [0.15, 0.2) is 60.8 Å². The van der Waals surface area contributed by atoms with Gasteiger partial charge in [0.05, 0.1) is 25.4 Å². The Bertz CT molecular complexity index is 1350. The lowest BCUT2D eigenvalue weighted by Gasteiger charge is -2.41. The van der Waals surface area contributed by atoms with E-state index in [1.807, 2.05) is 12.2 Å². The summed E-state index contributed by atoms with van der Waals surface area (Å²) in [5.41, 5.74) is 0. The lowest BCUT2D eigenvalue weighted by molar-refractivity contribution is -0.305. The van der Waals surface area contributed by atoms with Crippen molar-refractivity contribution in [3.05, 3.63) is 60.8 Å². The number of rotatable bonds is 46. The third kappa shape index (κ3) is 35.2. The van der Waals surface area contributed by atoms with E-state index in [2.05, 4.69) is 68.6 Å². The molecule has 0 radical (unpaired) electrons. The van der Waals surface area contributed by atoms with Gasteiger partial charge in [-0.2, -0.15) is 0 Å². The number of hydrogen-bond acceptors (Lipinski definition) is 10. The number of hydrogen-bond donors (Lipinski definition) is 6. The third-order valence-electron chi connectivity index (χ3n) is 13.0. The molecule has 1 heterocycles. The minimum Gasteiger partial charge on any atom is -0.454 e. The van der Waals surface area contributed by atoms with Crippen molar-refractivity contribution in [2.24, 2.45) is 0 Å². The molecule has 1 saturated heterocycles. The van der Waals surface area contributed by atoms with Crippen molar-refractivity contribution in [1.82, 2.24) is 5.32 Å². The van der Waals surface area contributed by atoms with E-state index in [0.29, 0.717) is 12.8 Å². The first-order valence-electron chi connectivity index (χ1n) is 28.1. The Morgan fingerprint density at radius 1 is 0.580 bits per heavy atom. The van der Waals surface area contributed by atoms with Gasteiger partial charge in [0, 0.05) is 6.42 Å². The second-order valence-electron chi connectivity index (χ2n) is 19.3. The van der Waals surface area contributed by atoms with E-state index in [0.717, 1.165) is 89.9 Å². The fourth-order valence-corrected chi connectivity index (χ4v) is 8.47. The van der Waals surface area contributed by atoms with Crippen molar-refractivity contribution < 1.29 is 49.3 Å². The summed E-state index contributed by atoms with van der Waals surface area (Å²) in [7, 11) is 0. The van der Waals surface area contributed by atoms with Crippen molar-refractivity contribution in [3.63, 3.8) is 0 Å².